The first-order valence-electron chi connectivity index (χ1n) is 12.1. The maximum atomic E-state index is 12.6. The highest BCUT2D eigenvalue weighted by molar-refractivity contribution is 5.95. The number of ether oxygens (including phenoxy) is 2. The molecule has 0 amide bonds. The number of benzene rings is 3. The number of aromatic hydroxyl groups is 1. The van der Waals surface area contributed by atoms with E-state index in [0.717, 1.165) is 48.6 Å². The number of phenols is 1. The lowest BCUT2D eigenvalue weighted by atomic mass is 10.0. The lowest BCUT2D eigenvalue weighted by Gasteiger charge is -2.29. The van der Waals surface area contributed by atoms with Crippen LogP contribution < -0.4 is 9.47 Å². The van der Waals surface area contributed by atoms with Crippen LogP contribution in [0.5, 0.6) is 17.2 Å². The van der Waals surface area contributed by atoms with Crippen LogP contribution in [0.4, 0.5) is 0 Å². The minimum atomic E-state index is -0.101. The smallest absolute Gasteiger partial charge is 0.160 e. The van der Waals surface area contributed by atoms with Crippen LogP contribution in [0.25, 0.3) is 6.08 Å². The van der Waals surface area contributed by atoms with Crippen molar-refractivity contribution in [3.8, 4) is 23.3 Å². The highest BCUT2D eigenvalue weighted by atomic mass is 16.5. The van der Waals surface area contributed by atoms with E-state index in [1.165, 1.54) is 18.2 Å². The van der Waals surface area contributed by atoms with Gasteiger partial charge in [0.15, 0.2) is 5.78 Å². The molecule has 36 heavy (non-hydrogen) atoms. The van der Waals surface area contributed by atoms with Crippen molar-refractivity contribution in [2.24, 2.45) is 0 Å². The molecule has 1 saturated heterocycles. The Kier molecular flexibility index (Phi) is 8.38. The van der Waals surface area contributed by atoms with E-state index in [9.17, 15) is 9.90 Å². The lowest BCUT2D eigenvalue weighted by Crippen LogP contribution is -2.35. The van der Waals surface area contributed by atoms with Crippen molar-refractivity contribution in [2.75, 3.05) is 20.1 Å². The van der Waals surface area contributed by atoms with Gasteiger partial charge in [0, 0.05) is 19.5 Å². The molecule has 0 spiro atoms. The number of hydrogen-bond acceptors (Lipinski definition) is 6. The van der Waals surface area contributed by atoms with Crippen molar-refractivity contribution >= 4 is 11.9 Å². The second kappa shape index (κ2) is 12.1. The Labute approximate surface area is 212 Å². The summed E-state index contributed by atoms with van der Waals surface area (Å²) in [6.45, 7) is 2.47. The van der Waals surface area contributed by atoms with E-state index in [0.29, 0.717) is 12.2 Å². The summed E-state index contributed by atoms with van der Waals surface area (Å²) >= 11 is 0. The molecule has 0 atom stereocenters. The van der Waals surface area contributed by atoms with Gasteiger partial charge in [0.1, 0.15) is 36.0 Å². The number of carbonyl (C=O) groups excluding carboxylic acids is 1. The summed E-state index contributed by atoms with van der Waals surface area (Å²) in [5.41, 5.74) is 2.70. The summed E-state index contributed by atoms with van der Waals surface area (Å²) in [4.78, 5) is 14.9. The van der Waals surface area contributed by atoms with Gasteiger partial charge in [-0.15, -0.1) is 0 Å². The van der Waals surface area contributed by atoms with Gasteiger partial charge in [-0.05, 0) is 79.1 Å². The molecule has 0 aromatic heterocycles. The highest BCUT2D eigenvalue weighted by Gasteiger charge is 2.18. The van der Waals surface area contributed by atoms with Crippen LogP contribution in [-0.2, 0) is 17.8 Å². The van der Waals surface area contributed by atoms with Crippen LogP contribution in [0.2, 0.25) is 0 Å². The Morgan fingerprint density at radius 3 is 2.44 bits per heavy atom. The molecule has 0 radical (unpaired) electrons. The second-order valence-corrected chi connectivity index (χ2v) is 9.01. The first-order chi connectivity index (χ1) is 17.5. The molecule has 1 aliphatic rings. The Morgan fingerprint density at radius 2 is 1.75 bits per heavy atom. The van der Waals surface area contributed by atoms with E-state index in [-0.39, 0.29) is 29.6 Å². The van der Waals surface area contributed by atoms with Crippen LogP contribution >= 0.6 is 0 Å². The van der Waals surface area contributed by atoms with E-state index in [1.54, 1.807) is 12.1 Å². The van der Waals surface area contributed by atoms with Crippen LogP contribution in [0.15, 0.2) is 72.8 Å². The zero-order chi connectivity index (χ0) is 25.3. The summed E-state index contributed by atoms with van der Waals surface area (Å²) in [7, 11) is 2.14. The molecule has 1 fully saturated rings. The summed E-state index contributed by atoms with van der Waals surface area (Å²) in [5, 5.41) is 18.7. The van der Waals surface area contributed by atoms with Gasteiger partial charge < -0.3 is 19.5 Å². The van der Waals surface area contributed by atoms with E-state index in [1.807, 2.05) is 54.6 Å². The number of rotatable bonds is 9. The SMILES string of the molecule is CN1CCC(Oc2ccc(OCc3ccccc3CC(=O)/C=C/c3ccc(C#N)c(O)c3)cc2)CC1. The highest BCUT2D eigenvalue weighted by Crippen LogP contribution is 2.23. The Bertz CT molecular complexity index is 1250. The van der Waals surface area contributed by atoms with Crippen molar-refractivity contribution in [1.82, 2.24) is 4.90 Å². The van der Waals surface area contributed by atoms with Crippen molar-refractivity contribution in [3.63, 3.8) is 0 Å². The first-order valence-corrected chi connectivity index (χ1v) is 12.1. The topological polar surface area (TPSA) is 82.8 Å². The molecule has 0 unspecified atom stereocenters. The van der Waals surface area contributed by atoms with Crippen LogP contribution in [0.3, 0.4) is 0 Å². The summed E-state index contributed by atoms with van der Waals surface area (Å²) in [5.74, 6) is 1.43. The summed E-state index contributed by atoms with van der Waals surface area (Å²) < 4.78 is 12.1. The van der Waals surface area contributed by atoms with Gasteiger partial charge in [-0.25, -0.2) is 0 Å². The third-order valence-electron chi connectivity index (χ3n) is 6.27. The van der Waals surface area contributed by atoms with Gasteiger partial charge in [0.2, 0.25) is 0 Å². The van der Waals surface area contributed by atoms with Crippen molar-refractivity contribution in [1.29, 1.82) is 5.26 Å². The zero-order valence-electron chi connectivity index (χ0n) is 20.4. The average molecular weight is 483 g/mol. The van der Waals surface area contributed by atoms with Gasteiger partial charge in [-0.2, -0.15) is 5.26 Å². The molecular formula is C30H30N2O4. The first kappa shape index (κ1) is 25.0. The van der Waals surface area contributed by atoms with E-state index in [2.05, 4.69) is 11.9 Å². The van der Waals surface area contributed by atoms with E-state index in [4.69, 9.17) is 14.7 Å². The molecule has 6 heteroatoms. The van der Waals surface area contributed by atoms with Crippen molar-refractivity contribution in [2.45, 2.75) is 32.0 Å². The summed E-state index contributed by atoms with van der Waals surface area (Å²) in [6.07, 6.45) is 5.69. The number of ketones is 1. The normalized spacial score (nSPS) is 14.4. The molecule has 6 nitrogen and oxygen atoms in total. The third-order valence-corrected chi connectivity index (χ3v) is 6.27. The number of nitriles is 1. The molecule has 0 saturated carbocycles. The Hall–Kier alpha value is -4.08. The molecule has 184 valence electrons. The van der Waals surface area contributed by atoms with Gasteiger partial charge in [-0.1, -0.05) is 36.4 Å². The fourth-order valence-electron chi connectivity index (χ4n) is 4.12. The van der Waals surface area contributed by atoms with Crippen LogP contribution in [0, 0.1) is 11.3 Å². The maximum Gasteiger partial charge on any atom is 0.160 e. The Morgan fingerprint density at radius 1 is 1.06 bits per heavy atom. The number of nitrogens with zero attached hydrogens (tertiary/aromatic N) is 2. The molecule has 4 rings (SSSR count). The standard InChI is InChI=1S/C30H30N2O4/c1-32-16-14-29(15-17-32)36-28-12-10-27(11-13-28)35-21-25-5-3-2-4-23(25)19-26(33)9-7-22-6-8-24(20-31)30(34)18-22/h2-13,18,29,34H,14-17,19,21H2,1H3/b9-7+. The molecule has 3 aromatic carbocycles. The van der Waals surface area contributed by atoms with Gasteiger partial charge in [0.25, 0.3) is 0 Å². The molecule has 1 aliphatic heterocycles. The predicted octanol–water partition coefficient (Wildman–Crippen LogP) is 5.14. The minimum Gasteiger partial charge on any atom is -0.507 e. The fraction of sp³-hybridized carbons (Fsp3) is 0.267. The number of piperidine rings is 1. The monoisotopic (exact) mass is 482 g/mol. The fourth-order valence-corrected chi connectivity index (χ4v) is 4.12. The molecule has 1 N–H and O–H groups in total. The zero-order valence-corrected chi connectivity index (χ0v) is 20.4. The van der Waals surface area contributed by atoms with E-state index >= 15 is 0 Å². The summed E-state index contributed by atoms with van der Waals surface area (Å²) in [6, 6.07) is 22.0. The Balaban J connectivity index is 1.31. The van der Waals surface area contributed by atoms with E-state index < -0.39 is 0 Å². The molecule has 1 heterocycles. The number of likely N-dealkylation sites (tertiary alicyclic amines) is 1. The number of allylic oxidation sites excluding steroid dienone is 1. The average Bonchev–Trinajstić information content (AvgIpc) is 2.89. The molecule has 0 aliphatic carbocycles. The quantitative estimate of drug-likeness (QED) is 0.425. The van der Waals surface area contributed by atoms with Crippen LogP contribution in [0.1, 0.15) is 35.1 Å². The second-order valence-electron chi connectivity index (χ2n) is 9.01. The lowest BCUT2D eigenvalue weighted by molar-refractivity contribution is -0.113. The predicted molar refractivity (Wildman–Crippen MR) is 139 cm³/mol. The molecular weight excluding hydrogens is 452 g/mol. The number of hydrogen-bond donors (Lipinski definition) is 1. The number of phenolic OH excluding ortho intramolecular Hbond substituents is 1. The van der Waals surface area contributed by atoms with Gasteiger partial charge in [-0.3, -0.25) is 4.79 Å². The third kappa shape index (κ3) is 6.97. The molecule has 0 bridgehead atoms. The molecule has 3 aromatic rings. The maximum absolute atomic E-state index is 12.6. The minimum absolute atomic E-state index is 0.0679. The van der Waals surface area contributed by atoms with Crippen molar-refractivity contribution < 1.29 is 19.4 Å². The van der Waals surface area contributed by atoms with Gasteiger partial charge >= 0.3 is 0 Å². The number of carbonyl (C=O) groups is 1. The van der Waals surface area contributed by atoms with Crippen LogP contribution in [-0.4, -0.2) is 42.0 Å². The van der Waals surface area contributed by atoms with Gasteiger partial charge in [0.05, 0.1) is 5.56 Å². The van der Waals surface area contributed by atoms with Crippen molar-refractivity contribution in [3.05, 3.63) is 95.1 Å². The largest absolute Gasteiger partial charge is 0.507 e.